The average molecular weight is 495 g/mol. The zero-order valence-electron chi connectivity index (χ0n) is 18.9. The van der Waals surface area contributed by atoms with E-state index in [0.29, 0.717) is 40.8 Å². The van der Waals surface area contributed by atoms with E-state index in [2.05, 4.69) is 15.0 Å². The number of nitrogens with two attached hydrogens (primary N) is 2. The van der Waals surface area contributed by atoms with Crippen LogP contribution in [0.3, 0.4) is 0 Å². The van der Waals surface area contributed by atoms with Gasteiger partial charge in [0, 0.05) is 16.5 Å². The molecule has 6 atom stereocenters. The number of nitrogen functional groups attached to an aromatic ring is 2. The van der Waals surface area contributed by atoms with E-state index in [4.69, 9.17) is 23.1 Å². The van der Waals surface area contributed by atoms with Gasteiger partial charge in [0.05, 0.1) is 28.1 Å². The first kappa shape index (κ1) is 21.3. The Balaban J connectivity index is 1.23. The van der Waals surface area contributed by atoms with Crippen molar-refractivity contribution >= 4 is 45.2 Å². The van der Waals surface area contributed by atoms with Crippen molar-refractivity contribution in [2.45, 2.75) is 43.9 Å². The van der Waals surface area contributed by atoms with Crippen molar-refractivity contribution in [2.24, 2.45) is 17.3 Å². The van der Waals surface area contributed by atoms with Crippen LogP contribution in [0.25, 0.3) is 21.9 Å². The Hall–Kier alpha value is -3.01. The molecule has 0 spiro atoms. The van der Waals surface area contributed by atoms with Crippen LogP contribution >= 0.6 is 11.6 Å². The lowest BCUT2D eigenvalue weighted by molar-refractivity contribution is -0.197. The van der Waals surface area contributed by atoms with Gasteiger partial charge in [-0.3, -0.25) is 0 Å². The fraction of sp³-hybridized carbons (Fsp3) is 0.400. The molecule has 10 heteroatoms. The predicted octanol–water partition coefficient (Wildman–Crippen LogP) is 3.16. The van der Waals surface area contributed by atoms with Gasteiger partial charge in [-0.25, -0.2) is 19.3 Å². The second kappa shape index (κ2) is 6.60. The first-order valence-corrected chi connectivity index (χ1v) is 12.1. The number of aliphatic hydroxyl groups is 2. The van der Waals surface area contributed by atoms with Crippen molar-refractivity contribution in [2.75, 3.05) is 11.5 Å². The number of hydrogen-bond donors (Lipinski definition) is 4. The summed E-state index contributed by atoms with van der Waals surface area (Å²) in [5.74, 6) is 0.334. The van der Waals surface area contributed by atoms with Crippen LogP contribution in [-0.4, -0.2) is 41.4 Å². The minimum absolute atomic E-state index is 0.0172. The number of anilines is 2. The van der Waals surface area contributed by atoms with E-state index in [0.717, 1.165) is 17.5 Å². The molecule has 180 valence electrons. The van der Waals surface area contributed by atoms with Crippen LogP contribution in [0.2, 0.25) is 5.02 Å². The Morgan fingerprint density at radius 1 is 1.20 bits per heavy atom. The van der Waals surface area contributed by atoms with Gasteiger partial charge in [-0.2, -0.15) is 0 Å². The molecule has 6 N–H and O–H groups in total. The van der Waals surface area contributed by atoms with Crippen molar-refractivity contribution in [3.05, 3.63) is 52.7 Å². The maximum Gasteiger partial charge on any atom is 0.146 e. The molecule has 1 unspecified atom stereocenters. The summed E-state index contributed by atoms with van der Waals surface area (Å²) in [6, 6.07) is 6.34. The quantitative estimate of drug-likeness (QED) is 0.342. The summed E-state index contributed by atoms with van der Waals surface area (Å²) in [6.45, 7) is 1.95. The van der Waals surface area contributed by atoms with Gasteiger partial charge in [0.25, 0.3) is 0 Å². The summed E-state index contributed by atoms with van der Waals surface area (Å²) in [4.78, 5) is 12.8. The Morgan fingerprint density at radius 3 is 2.80 bits per heavy atom. The van der Waals surface area contributed by atoms with Crippen LogP contribution in [0.15, 0.2) is 30.6 Å². The lowest BCUT2D eigenvalue weighted by Crippen LogP contribution is -2.63. The molecule has 0 radical (unpaired) electrons. The van der Waals surface area contributed by atoms with E-state index in [9.17, 15) is 14.6 Å². The number of aromatic nitrogens is 4. The molecule has 9 rings (SSSR count). The number of halogens is 2. The molecule has 4 aromatic rings. The molecule has 35 heavy (non-hydrogen) atoms. The summed E-state index contributed by atoms with van der Waals surface area (Å²) in [7, 11) is 0. The molecule has 8 nitrogen and oxygen atoms in total. The Bertz CT molecular complexity index is 1580. The van der Waals surface area contributed by atoms with Crippen LogP contribution < -0.4 is 11.5 Å². The van der Waals surface area contributed by atoms with Gasteiger partial charge in [-0.1, -0.05) is 11.6 Å². The molecule has 5 fully saturated rings. The highest BCUT2D eigenvalue weighted by Crippen LogP contribution is 2.83. The fourth-order valence-electron chi connectivity index (χ4n) is 7.49. The molecule has 0 aliphatic heterocycles. The fourth-order valence-corrected chi connectivity index (χ4v) is 7.65. The summed E-state index contributed by atoms with van der Waals surface area (Å²) >= 11 is 6.03. The predicted molar refractivity (Wildman–Crippen MR) is 130 cm³/mol. The number of nitrogens with zero attached hydrogens (tertiary/aromatic N) is 4. The van der Waals surface area contributed by atoms with Crippen molar-refractivity contribution in [3.8, 4) is 0 Å². The molecular formula is C25H24ClFN6O2. The molecular weight excluding hydrogens is 471 g/mol. The number of rotatable bonds is 4. The zero-order valence-corrected chi connectivity index (χ0v) is 19.7. The van der Waals surface area contributed by atoms with Crippen molar-refractivity contribution in [3.63, 3.8) is 0 Å². The number of pyridine rings is 1. The van der Waals surface area contributed by atoms with Gasteiger partial charge >= 0.3 is 0 Å². The van der Waals surface area contributed by atoms with Gasteiger partial charge in [0.15, 0.2) is 0 Å². The van der Waals surface area contributed by atoms with E-state index in [1.54, 1.807) is 12.1 Å². The molecule has 0 amide bonds. The number of aliphatic hydroxyl groups excluding tert-OH is 1. The van der Waals surface area contributed by atoms with Gasteiger partial charge in [0.1, 0.15) is 35.0 Å². The smallest absolute Gasteiger partial charge is 0.146 e. The van der Waals surface area contributed by atoms with E-state index in [1.165, 1.54) is 12.4 Å². The minimum atomic E-state index is -1.24. The van der Waals surface area contributed by atoms with Crippen molar-refractivity contribution < 1.29 is 14.6 Å². The van der Waals surface area contributed by atoms with Crippen LogP contribution in [0, 0.1) is 30.0 Å². The standard InChI is InChI=1S/C25H24ClFN6O2/c1-10-4-13-20(28)30-9-31-22(13)33(10)19-18-14-8-24(18,23(34)25(14,19)35)3-2-11-7-17-12(6-16(11)27)5-15(26)21(29)32-17/h4-7,9,14,18-19,23,34-35H,2-3,8H2,1H3,(H2,29,32)(H2,28,30,31)/t14?,18-,19-,23-,24-,25-/m1/s1. The Labute approximate surface area is 204 Å². The zero-order chi connectivity index (χ0) is 24.4. The van der Waals surface area contributed by atoms with Crippen molar-refractivity contribution in [1.29, 1.82) is 0 Å². The first-order valence-electron chi connectivity index (χ1n) is 11.7. The molecule has 5 aliphatic rings. The number of benzene rings is 1. The molecule has 3 aromatic heterocycles. The average Bonchev–Trinajstić information content (AvgIpc) is 3.36. The van der Waals surface area contributed by atoms with E-state index in [-0.39, 0.29) is 34.5 Å². The summed E-state index contributed by atoms with van der Waals surface area (Å²) in [6.07, 6.45) is 2.20. The monoisotopic (exact) mass is 494 g/mol. The number of aryl methyl sites for hydroxylation is 2. The largest absolute Gasteiger partial charge is 0.389 e. The lowest BCUT2D eigenvalue weighted by atomic mass is 9.47. The van der Waals surface area contributed by atoms with Crippen molar-refractivity contribution in [1.82, 2.24) is 19.5 Å². The molecule has 3 heterocycles. The highest BCUT2D eigenvalue weighted by molar-refractivity contribution is 6.33. The number of fused-ring (bicyclic) bond motifs is 2. The third-order valence-corrected chi connectivity index (χ3v) is 9.35. The second-order valence-electron chi connectivity index (χ2n) is 10.4. The van der Waals surface area contributed by atoms with Crippen LogP contribution in [0.4, 0.5) is 16.0 Å². The number of hydrogen-bond acceptors (Lipinski definition) is 7. The maximum atomic E-state index is 15.0. The SMILES string of the molecule is Cc1cc2c(N)ncnc2n1[C@@H]1[C@H]2C3C[C@@]2(CCc2cc4nc(N)c(Cl)cc4cc2F)[C@@H](O)[C@@]31O. The molecule has 5 aliphatic carbocycles. The van der Waals surface area contributed by atoms with E-state index in [1.807, 2.05) is 17.6 Å². The second-order valence-corrected chi connectivity index (χ2v) is 10.9. The van der Waals surface area contributed by atoms with Crippen LogP contribution in [0.1, 0.15) is 30.1 Å². The molecule has 4 bridgehead atoms. The summed E-state index contributed by atoms with van der Waals surface area (Å²) in [5.41, 5.74) is 12.8. The van der Waals surface area contributed by atoms with Crippen LogP contribution in [-0.2, 0) is 6.42 Å². The van der Waals surface area contributed by atoms with Gasteiger partial charge in [-0.15, -0.1) is 0 Å². The van der Waals surface area contributed by atoms with Gasteiger partial charge < -0.3 is 26.2 Å². The summed E-state index contributed by atoms with van der Waals surface area (Å²) < 4.78 is 17.0. The van der Waals surface area contributed by atoms with Gasteiger partial charge in [-0.05, 0) is 67.9 Å². The normalized spacial score (nSPS) is 32.7. The highest BCUT2D eigenvalue weighted by Gasteiger charge is 2.88. The first-order chi connectivity index (χ1) is 16.7. The molecule has 0 saturated heterocycles. The molecule has 5 saturated carbocycles. The maximum absolute atomic E-state index is 15.0. The Kier molecular flexibility index (Phi) is 4.01. The van der Waals surface area contributed by atoms with Crippen LogP contribution in [0.5, 0.6) is 0 Å². The molecule has 1 aromatic carbocycles. The third-order valence-electron chi connectivity index (χ3n) is 9.04. The van der Waals surface area contributed by atoms with E-state index < -0.39 is 17.1 Å². The minimum Gasteiger partial charge on any atom is -0.389 e. The third kappa shape index (κ3) is 2.41. The van der Waals surface area contributed by atoms with Gasteiger partial charge in [0.2, 0.25) is 0 Å². The lowest BCUT2D eigenvalue weighted by Gasteiger charge is -2.61. The van der Waals surface area contributed by atoms with E-state index >= 15 is 0 Å². The highest BCUT2D eigenvalue weighted by atomic mass is 35.5. The topological polar surface area (TPSA) is 136 Å². The summed E-state index contributed by atoms with van der Waals surface area (Å²) in [5, 5.41) is 24.7. The Morgan fingerprint density at radius 2 is 2.00 bits per heavy atom.